The average Bonchev–Trinajstić information content (AvgIpc) is 2.89. The largest absolute Gasteiger partial charge is 0.456 e. The summed E-state index contributed by atoms with van der Waals surface area (Å²) in [6.07, 6.45) is 5.35. The summed E-state index contributed by atoms with van der Waals surface area (Å²) in [5.74, 6) is -2.09. The van der Waals surface area contributed by atoms with Crippen LogP contribution in [-0.2, 0) is 11.2 Å². The van der Waals surface area contributed by atoms with E-state index >= 15 is 0 Å². The fraction of sp³-hybridized carbons (Fsp3) is 0.562. The van der Waals surface area contributed by atoms with Crippen LogP contribution in [0.1, 0.15) is 98.1 Å². The molecule has 0 spiro atoms. The number of carbonyl (C=O) groups is 2. The van der Waals surface area contributed by atoms with Crippen molar-refractivity contribution in [2.45, 2.75) is 97.8 Å². The maximum atomic E-state index is 13.8. The van der Waals surface area contributed by atoms with E-state index in [4.69, 9.17) is 10.5 Å². The maximum absolute atomic E-state index is 13.8. The van der Waals surface area contributed by atoms with Gasteiger partial charge in [-0.2, -0.15) is 0 Å². The van der Waals surface area contributed by atoms with Gasteiger partial charge >= 0.3 is 5.97 Å². The lowest BCUT2D eigenvalue weighted by molar-refractivity contribution is 0.0232. The summed E-state index contributed by atoms with van der Waals surface area (Å²) >= 11 is 0. The number of nitrogens with two attached hydrogens (primary N) is 1. The molecule has 0 saturated carbocycles. The number of amides is 1. The third-order valence-corrected chi connectivity index (χ3v) is 6.87. The molecule has 0 aliphatic rings. The first-order valence-electron chi connectivity index (χ1n) is 14.6. The van der Waals surface area contributed by atoms with E-state index in [9.17, 15) is 18.4 Å². The normalized spacial score (nSPS) is 13.5. The van der Waals surface area contributed by atoms with E-state index < -0.39 is 29.7 Å². The standard InChI is InChI=1S/C32H47F2N3O3/c1-6-9-10-11-23(5)36-21-30(29(35)18-24-16-27(33)20-28(34)17-24)40-32(39)26-15-22(4)14-25(19-26)31(38)37(12-7-2)13-8-3/h14-17,19-20,23,29-30,36H,6-13,18,21,35H2,1-5H3/t23?,29-,30+/m0/s1. The van der Waals surface area contributed by atoms with Crippen LogP contribution in [0, 0.1) is 18.6 Å². The lowest BCUT2D eigenvalue weighted by Crippen LogP contribution is -2.47. The first-order chi connectivity index (χ1) is 19.1. The Hall–Kier alpha value is -2.84. The predicted molar refractivity (Wildman–Crippen MR) is 157 cm³/mol. The minimum atomic E-state index is -0.760. The molecule has 0 bridgehead atoms. The molecule has 2 aromatic carbocycles. The number of benzene rings is 2. The highest BCUT2D eigenvalue weighted by Gasteiger charge is 2.25. The molecule has 0 aliphatic heterocycles. The molecule has 0 aromatic heterocycles. The van der Waals surface area contributed by atoms with Crippen LogP contribution in [0.3, 0.4) is 0 Å². The molecule has 3 atom stereocenters. The van der Waals surface area contributed by atoms with E-state index in [0.717, 1.165) is 50.2 Å². The zero-order valence-electron chi connectivity index (χ0n) is 24.8. The molecule has 0 heterocycles. The van der Waals surface area contributed by atoms with Gasteiger partial charge in [-0.25, -0.2) is 13.6 Å². The van der Waals surface area contributed by atoms with Crippen LogP contribution in [0.5, 0.6) is 0 Å². The number of aryl methyl sites for hydroxylation is 1. The molecule has 1 unspecified atom stereocenters. The Labute approximate surface area is 238 Å². The highest BCUT2D eigenvalue weighted by Crippen LogP contribution is 2.17. The molecule has 0 saturated heterocycles. The summed E-state index contributed by atoms with van der Waals surface area (Å²) in [4.78, 5) is 28.4. The van der Waals surface area contributed by atoms with Crippen molar-refractivity contribution in [2.75, 3.05) is 19.6 Å². The van der Waals surface area contributed by atoms with Crippen molar-refractivity contribution < 1.29 is 23.1 Å². The van der Waals surface area contributed by atoms with Gasteiger partial charge in [0.1, 0.15) is 17.7 Å². The molecule has 1 amide bonds. The summed E-state index contributed by atoms with van der Waals surface area (Å²) < 4.78 is 33.5. The van der Waals surface area contributed by atoms with Gasteiger partial charge in [-0.05, 0) is 81.0 Å². The minimum Gasteiger partial charge on any atom is -0.456 e. The second kappa shape index (κ2) is 17.1. The van der Waals surface area contributed by atoms with E-state index in [1.165, 1.54) is 12.1 Å². The number of esters is 1. The van der Waals surface area contributed by atoms with E-state index in [2.05, 4.69) is 19.2 Å². The van der Waals surface area contributed by atoms with Crippen molar-refractivity contribution >= 4 is 11.9 Å². The second-order valence-corrected chi connectivity index (χ2v) is 10.8. The van der Waals surface area contributed by atoms with Gasteiger partial charge < -0.3 is 20.7 Å². The molecule has 3 N–H and O–H groups in total. The number of halogens is 2. The van der Waals surface area contributed by atoms with Crippen LogP contribution < -0.4 is 11.1 Å². The van der Waals surface area contributed by atoms with Gasteiger partial charge in [0.15, 0.2) is 0 Å². The van der Waals surface area contributed by atoms with E-state index in [0.29, 0.717) is 24.2 Å². The van der Waals surface area contributed by atoms with Crippen LogP contribution in [0.4, 0.5) is 8.78 Å². The zero-order valence-corrected chi connectivity index (χ0v) is 24.8. The van der Waals surface area contributed by atoms with Crippen LogP contribution >= 0.6 is 0 Å². The summed E-state index contributed by atoms with van der Waals surface area (Å²) in [6.45, 7) is 11.7. The SMILES string of the molecule is CCCCCC(C)NC[C@@H](OC(=O)c1cc(C)cc(C(=O)N(CCC)CCC)c1)[C@@H](N)Cc1cc(F)cc(F)c1. The summed E-state index contributed by atoms with van der Waals surface area (Å²) in [5, 5.41) is 3.41. The van der Waals surface area contributed by atoms with Gasteiger partial charge in [0.05, 0.1) is 5.56 Å². The van der Waals surface area contributed by atoms with Gasteiger partial charge in [0.2, 0.25) is 0 Å². The fourth-order valence-corrected chi connectivity index (χ4v) is 4.80. The summed E-state index contributed by atoms with van der Waals surface area (Å²) in [6, 6.07) is 7.78. The molecule has 0 aliphatic carbocycles. The number of nitrogens with zero attached hydrogens (tertiary/aromatic N) is 1. The molecule has 2 aromatic rings. The molecule has 40 heavy (non-hydrogen) atoms. The maximum Gasteiger partial charge on any atom is 0.338 e. The fourth-order valence-electron chi connectivity index (χ4n) is 4.80. The van der Waals surface area contributed by atoms with Crippen molar-refractivity contribution in [3.8, 4) is 0 Å². The number of hydrogen-bond acceptors (Lipinski definition) is 5. The quantitative estimate of drug-likeness (QED) is 0.178. The van der Waals surface area contributed by atoms with E-state index in [1.54, 1.807) is 23.1 Å². The van der Waals surface area contributed by atoms with Crippen molar-refractivity contribution in [1.82, 2.24) is 10.2 Å². The van der Waals surface area contributed by atoms with Gasteiger partial charge in [-0.3, -0.25) is 4.79 Å². The van der Waals surface area contributed by atoms with Crippen molar-refractivity contribution in [3.63, 3.8) is 0 Å². The number of ether oxygens (including phenoxy) is 1. The Morgan fingerprint density at radius 1 is 0.925 bits per heavy atom. The highest BCUT2D eigenvalue weighted by atomic mass is 19.1. The molecule has 222 valence electrons. The average molecular weight is 560 g/mol. The molecular formula is C32H47F2N3O3. The van der Waals surface area contributed by atoms with Gasteiger partial charge in [0.25, 0.3) is 5.91 Å². The topological polar surface area (TPSA) is 84.7 Å². The summed E-state index contributed by atoms with van der Waals surface area (Å²) in [7, 11) is 0. The first kappa shape index (κ1) is 33.4. The van der Waals surface area contributed by atoms with Crippen molar-refractivity contribution in [1.29, 1.82) is 0 Å². The smallest absolute Gasteiger partial charge is 0.338 e. The minimum absolute atomic E-state index is 0.120. The Morgan fingerprint density at radius 2 is 1.55 bits per heavy atom. The Bertz CT molecular complexity index is 1070. The Morgan fingerprint density at radius 3 is 2.15 bits per heavy atom. The number of unbranched alkanes of at least 4 members (excludes halogenated alkanes) is 2. The zero-order chi connectivity index (χ0) is 29.7. The Kier molecular flexibility index (Phi) is 14.2. The predicted octanol–water partition coefficient (Wildman–Crippen LogP) is 6.19. The number of hydrogen-bond donors (Lipinski definition) is 2. The van der Waals surface area contributed by atoms with E-state index in [-0.39, 0.29) is 30.5 Å². The third-order valence-electron chi connectivity index (χ3n) is 6.87. The van der Waals surface area contributed by atoms with Crippen molar-refractivity contribution in [3.05, 3.63) is 70.3 Å². The van der Waals surface area contributed by atoms with E-state index in [1.807, 2.05) is 20.8 Å². The highest BCUT2D eigenvalue weighted by molar-refractivity contribution is 5.98. The van der Waals surface area contributed by atoms with Crippen LogP contribution in [0.25, 0.3) is 0 Å². The molecular weight excluding hydrogens is 512 g/mol. The molecule has 0 fully saturated rings. The number of carbonyl (C=O) groups excluding carboxylic acids is 2. The third kappa shape index (κ3) is 11.0. The summed E-state index contributed by atoms with van der Waals surface area (Å²) in [5.41, 5.74) is 8.33. The number of nitrogens with one attached hydrogen (secondary N) is 1. The van der Waals surface area contributed by atoms with Crippen LogP contribution in [-0.4, -0.2) is 54.6 Å². The Balaban J connectivity index is 2.25. The lowest BCUT2D eigenvalue weighted by atomic mass is 10.0. The van der Waals surface area contributed by atoms with Crippen LogP contribution in [0.2, 0.25) is 0 Å². The molecule has 2 rings (SSSR count). The van der Waals surface area contributed by atoms with Gasteiger partial charge in [0, 0.05) is 43.3 Å². The lowest BCUT2D eigenvalue weighted by Gasteiger charge is -2.27. The second-order valence-electron chi connectivity index (χ2n) is 10.8. The van der Waals surface area contributed by atoms with Gasteiger partial charge in [-0.15, -0.1) is 0 Å². The monoisotopic (exact) mass is 559 g/mol. The number of rotatable bonds is 17. The molecule has 6 nitrogen and oxygen atoms in total. The van der Waals surface area contributed by atoms with Crippen LogP contribution in [0.15, 0.2) is 36.4 Å². The molecule has 0 radical (unpaired) electrons. The van der Waals surface area contributed by atoms with Gasteiger partial charge in [-0.1, -0.05) is 40.0 Å². The van der Waals surface area contributed by atoms with Crippen molar-refractivity contribution in [2.24, 2.45) is 5.73 Å². The molecule has 8 heteroatoms. The first-order valence-corrected chi connectivity index (χ1v) is 14.6.